The van der Waals surface area contributed by atoms with Gasteiger partial charge in [0.05, 0.1) is 18.9 Å². The van der Waals surface area contributed by atoms with Crippen LogP contribution in [0.25, 0.3) is 0 Å². The van der Waals surface area contributed by atoms with E-state index < -0.39 is 0 Å². The minimum absolute atomic E-state index is 0.0549. The van der Waals surface area contributed by atoms with Crippen molar-refractivity contribution in [3.63, 3.8) is 0 Å². The predicted octanol–water partition coefficient (Wildman–Crippen LogP) is 2.91. The van der Waals surface area contributed by atoms with Gasteiger partial charge in [-0.3, -0.25) is 0 Å². The second-order valence-corrected chi connectivity index (χ2v) is 7.15. The number of urea groups is 1. The zero-order chi connectivity index (χ0) is 18.2. The van der Waals surface area contributed by atoms with E-state index >= 15 is 0 Å². The maximum absolute atomic E-state index is 12.9. The molecule has 3 aliphatic rings. The molecule has 0 bridgehead atoms. The molecule has 2 amide bonds. The van der Waals surface area contributed by atoms with Crippen molar-refractivity contribution < 1.29 is 14.3 Å². The molecule has 1 N–H and O–H groups in total. The molecule has 3 aliphatic heterocycles. The minimum Gasteiger partial charge on any atom is -0.493 e. The van der Waals surface area contributed by atoms with Crippen LogP contribution >= 0.6 is 0 Å². The molecule has 2 aromatic carbocycles. The molecular formula is C21H23N3O3. The third-order valence-corrected chi connectivity index (χ3v) is 5.57. The fraction of sp³-hybridized carbons (Fsp3) is 0.381. The Morgan fingerprint density at radius 1 is 0.963 bits per heavy atom. The van der Waals surface area contributed by atoms with E-state index in [4.69, 9.17) is 9.47 Å². The maximum atomic E-state index is 12.9. The highest BCUT2D eigenvalue weighted by atomic mass is 16.5. The van der Waals surface area contributed by atoms with E-state index in [-0.39, 0.29) is 6.03 Å². The van der Waals surface area contributed by atoms with Gasteiger partial charge in [-0.2, -0.15) is 0 Å². The Hall–Kier alpha value is -2.89. The zero-order valence-corrected chi connectivity index (χ0v) is 15.2. The van der Waals surface area contributed by atoms with Gasteiger partial charge in [-0.05, 0) is 18.2 Å². The van der Waals surface area contributed by atoms with Crippen LogP contribution in [0.2, 0.25) is 0 Å². The average molecular weight is 365 g/mol. The van der Waals surface area contributed by atoms with Gasteiger partial charge in [-0.15, -0.1) is 0 Å². The maximum Gasteiger partial charge on any atom is 0.322 e. The number of nitrogens with zero attached hydrogens (tertiary/aromatic N) is 2. The minimum atomic E-state index is -0.0549. The summed E-state index contributed by atoms with van der Waals surface area (Å²) >= 11 is 0. The molecule has 6 nitrogen and oxygen atoms in total. The number of para-hydroxylation sites is 1. The summed E-state index contributed by atoms with van der Waals surface area (Å²) in [5, 5.41) is 3.13. The molecule has 140 valence electrons. The summed E-state index contributed by atoms with van der Waals surface area (Å²) in [7, 11) is 0. The largest absolute Gasteiger partial charge is 0.493 e. The van der Waals surface area contributed by atoms with Crippen LogP contribution in [0.1, 0.15) is 11.1 Å². The second-order valence-electron chi connectivity index (χ2n) is 7.15. The SMILES string of the molecule is O=C(Nc1c2c(cc3c1OCC3)OCC2)N1CCN(c2ccccc2)CC1. The lowest BCUT2D eigenvalue weighted by atomic mass is 10.0. The van der Waals surface area contributed by atoms with E-state index in [1.807, 2.05) is 23.1 Å². The average Bonchev–Trinajstić information content (AvgIpc) is 3.38. The summed E-state index contributed by atoms with van der Waals surface area (Å²) in [6.45, 7) is 4.41. The van der Waals surface area contributed by atoms with Gasteiger partial charge >= 0.3 is 6.03 Å². The topological polar surface area (TPSA) is 54.0 Å². The molecule has 1 fully saturated rings. The molecule has 2 aromatic rings. The van der Waals surface area contributed by atoms with E-state index in [1.165, 1.54) is 5.69 Å². The first-order chi connectivity index (χ1) is 13.3. The molecule has 0 radical (unpaired) electrons. The van der Waals surface area contributed by atoms with Gasteiger partial charge in [-0.1, -0.05) is 18.2 Å². The van der Waals surface area contributed by atoms with Crippen molar-refractivity contribution in [1.29, 1.82) is 0 Å². The van der Waals surface area contributed by atoms with Gasteiger partial charge in [0.2, 0.25) is 0 Å². The molecular weight excluding hydrogens is 342 g/mol. The van der Waals surface area contributed by atoms with Crippen LogP contribution in [-0.2, 0) is 12.8 Å². The molecule has 6 heteroatoms. The highest BCUT2D eigenvalue weighted by Crippen LogP contribution is 2.44. The molecule has 5 rings (SSSR count). The highest BCUT2D eigenvalue weighted by Gasteiger charge is 2.29. The first-order valence-electron chi connectivity index (χ1n) is 9.60. The number of ether oxygens (including phenoxy) is 2. The molecule has 0 aromatic heterocycles. The number of rotatable bonds is 2. The van der Waals surface area contributed by atoms with Crippen LogP contribution in [0, 0.1) is 0 Å². The van der Waals surface area contributed by atoms with Crippen LogP contribution < -0.4 is 19.7 Å². The van der Waals surface area contributed by atoms with Gasteiger partial charge in [0.25, 0.3) is 0 Å². The number of anilines is 2. The van der Waals surface area contributed by atoms with Crippen molar-refractivity contribution in [2.45, 2.75) is 12.8 Å². The number of nitrogens with one attached hydrogen (secondary N) is 1. The van der Waals surface area contributed by atoms with Gasteiger partial charge in [0.15, 0.2) is 0 Å². The molecule has 0 saturated carbocycles. The van der Waals surface area contributed by atoms with Crippen molar-refractivity contribution in [3.8, 4) is 11.5 Å². The Balaban J connectivity index is 1.30. The zero-order valence-electron chi connectivity index (χ0n) is 15.2. The summed E-state index contributed by atoms with van der Waals surface area (Å²) in [6, 6.07) is 12.4. The Kier molecular flexibility index (Phi) is 4.03. The van der Waals surface area contributed by atoms with Crippen molar-refractivity contribution in [2.24, 2.45) is 0 Å². The lowest BCUT2D eigenvalue weighted by molar-refractivity contribution is 0.208. The first kappa shape index (κ1) is 16.3. The van der Waals surface area contributed by atoms with E-state index in [2.05, 4.69) is 28.4 Å². The number of hydrogen-bond donors (Lipinski definition) is 1. The number of amides is 2. The number of carbonyl (C=O) groups is 1. The second kappa shape index (κ2) is 6.68. The number of piperazine rings is 1. The van der Waals surface area contributed by atoms with Gasteiger partial charge in [0.1, 0.15) is 11.5 Å². The fourth-order valence-corrected chi connectivity index (χ4v) is 4.11. The Morgan fingerprint density at radius 3 is 2.56 bits per heavy atom. The molecule has 0 atom stereocenters. The Morgan fingerprint density at radius 2 is 1.74 bits per heavy atom. The third kappa shape index (κ3) is 2.95. The standard InChI is InChI=1S/C21H23N3O3/c25-21(24-10-8-23(9-11-24)16-4-2-1-3-5-16)22-19-17-7-13-26-18(17)14-15-6-12-27-20(15)19/h1-5,14H,6-13H2,(H,22,25). The molecule has 0 aliphatic carbocycles. The van der Waals surface area contributed by atoms with Crippen LogP contribution in [0.15, 0.2) is 36.4 Å². The quantitative estimate of drug-likeness (QED) is 0.889. The van der Waals surface area contributed by atoms with Crippen LogP contribution in [0.5, 0.6) is 11.5 Å². The van der Waals surface area contributed by atoms with Crippen LogP contribution in [0.4, 0.5) is 16.2 Å². The van der Waals surface area contributed by atoms with Crippen LogP contribution in [-0.4, -0.2) is 50.3 Å². The van der Waals surface area contributed by atoms with Crippen molar-refractivity contribution >= 4 is 17.4 Å². The smallest absolute Gasteiger partial charge is 0.322 e. The number of benzene rings is 2. The predicted molar refractivity (Wildman–Crippen MR) is 104 cm³/mol. The van der Waals surface area contributed by atoms with Crippen molar-refractivity contribution in [1.82, 2.24) is 4.90 Å². The van der Waals surface area contributed by atoms with Gasteiger partial charge < -0.3 is 24.6 Å². The summed E-state index contributed by atoms with van der Waals surface area (Å²) in [6.07, 6.45) is 1.67. The summed E-state index contributed by atoms with van der Waals surface area (Å²) in [4.78, 5) is 17.1. The number of hydrogen-bond acceptors (Lipinski definition) is 4. The molecule has 0 unspecified atom stereocenters. The lowest BCUT2D eigenvalue weighted by Gasteiger charge is -2.36. The van der Waals surface area contributed by atoms with Gasteiger partial charge in [0, 0.05) is 55.8 Å². The summed E-state index contributed by atoms with van der Waals surface area (Å²) in [5.74, 6) is 1.72. The van der Waals surface area contributed by atoms with Gasteiger partial charge in [-0.25, -0.2) is 4.79 Å². The monoisotopic (exact) mass is 365 g/mol. The van der Waals surface area contributed by atoms with E-state index in [0.29, 0.717) is 26.3 Å². The molecule has 3 heterocycles. The third-order valence-electron chi connectivity index (χ3n) is 5.57. The van der Waals surface area contributed by atoms with E-state index in [1.54, 1.807) is 0 Å². The number of carbonyl (C=O) groups excluding carboxylic acids is 1. The van der Waals surface area contributed by atoms with Crippen LogP contribution in [0.3, 0.4) is 0 Å². The van der Waals surface area contributed by atoms with Crippen molar-refractivity contribution in [2.75, 3.05) is 49.6 Å². The summed E-state index contributed by atoms with van der Waals surface area (Å²) in [5.41, 5.74) is 4.21. The van der Waals surface area contributed by atoms with E-state index in [0.717, 1.165) is 54.2 Å². The van der Waals surface area contributed by atoms with Crippen molar-refractivity contribution in [3.05, 3.63) is 47.5 Å². The van der Waals surface area contributed by atoms with E-state index in [9.17, 15) is 4.79 Å². The summed E-state index contributed by atoms with van der Waals surface area (Å²) < 4.78 is 11.5. The molecule has 1 saturated heterocycles. The Bertz CT molecular complexity index is 828. The normalized spacial score (nSPS) is 17.8. The Labute approximate surface area is 158 Å². The lowest BCUT2D eigenvalue weighted by Crippen LogP contribution is -2.50. The molecule has 0 spiro atoms. The fourth-order valence-electron chi connectivity index (χ4n) is 4.11. The molecule has 27 heavy (non-hydrogen) atoms. The number of fused-ring (bicyclic) bond motifs is 2. The highest BCUT2D eigenvalue weighted by molar-refractivity contribution is 5.93. The first-order valence-corrected chi connectivity index (χ1v) is 9.60.